The van der Waals surface area contributed by atoms with Crippen molar-refractivity contribution in [3.05, 3.63) is 65.2 Å². The van der Waals surface area contributed by atoms with Crippen LogP contribution in [0.1, 0.15) is 53.4 Å². The molecule has 3 aromatic rings. The average Bonchev–Trinajstić information content (AvgIpc) is 3.15. The summed E-state index contributed by atoms with van der Waals surface area (Å²) < 4.78 is 24.7. The van der Waals surface area contributed by atoms with Gasteiger partial charge in [0.25, 0.3) is 5.91 Å². The van der Waals surface area contributed by atoms with Gasteiger partial charge in [-0.25, -0.2) is 9.37 Å². The third-order valence-corrected chi connectivity index (χ3v) is 5.11. The summed E-state index contributed by atoms with van der Waals surface area (Å²) in [5, 5.41) is 4.05. The number of nitrogens with zero attached hydrogens (tertiary/aromatic N) is 4. The molecule has 0 bridgehead atoms. The Labute approximate surface area is 173 Å². The second-order valence-electron chi connectivity index (χ2n) is 7.60. The molecule has 1 aliphatic heterocycles. The van der Waals surface area contributed by atoms with E-state index in [9.17, 15) is 9.18 Å². The Morgan fingerprint density at radius 3 is 2.90 bits per heavy atom. The summed E-state index contributed by atoms with van der Waals surface area (Å²) >= 11 is 0. The molecule has 8 heteroatoms. The fraction of sp³-hybridized carbons (Fsp3) is 0.364. The smallest absolute Gasteiger partial charge is 0.259 e. The predicted octanol–water partition coefficient (Wildman–Crippen LogP) is 3.92. The van der Waals surface area contributed by atoms with Crippen molar-refractivity contribution < 1.29 is 18.4 Å². The van der Waals surface area contributed by atoms with Crippen LogP contribution in [-0.2, 0) is 4.74 Å². The number of ether oxygens (including phenoxy) is 1. The summed E-state index contributed by atoms with van der Waals surface area (Å²) in [7, 11) is 0. The van der Waals surface area contributed by atoms with Gasteiger partial charge in [0.05, 0.1) is 42.6 Å². The number of rotatable bonds is 4. The van der Waals surface area contributed by atoms with Crippen molar-refractivity contribution in [1.29, 1.82) is 0 Å². The number of hydrogen-bond donors (Lipinski definition) is 0. The van der Waals surface area contributed by atoms with E-state index >= 15 is 0 Å². The molecule has 1 aliphatic rings. The van der Waals surface area contributed by atoms with E-state index in [0.29, 0.717) is 53.7 Å². The third kappa shape index (κ3) is 3.95. The van der Waals surface area contributed by atoms with Crippen molar-refractivity contribution in [1.82, 2.24) is 20.0 Å². The maximum atomic E-state index is 13.6. The van der Waals surface area contributed by atoms with Crippen LogP contribution in [0.4, 0.5) is 4.39 Å². The van der Waals surface area contributed by atoms with Gasteiger partial charge >= 0.3 is 0 Å². The van der Waals surface area contributed by atoms with Gasteiger partial charge in [0.2, 0.25) is 0 Å². The molecule has 2 aromatic heterocycles. The lowest BCUT2D eigenvalue weighted by atomic mass is 10.0. The maximum Gasteiger partial charge on any atom is 0.259 e. The molecule has 4 rings (SSSR count). The highest BCUT2D eigenvalue weighted by atomic mass is 19.1. The van der Waals surface area contributed by atoms with Crippen molar-refractivity contribution in [3.8, 4) is 11.3 Å². The zero-order valence-corrected chi connectivity index (χ0v) is 17.1. The summed E-state index contributed by atoms with van der Waals surface area (Å²) in [6, 6.07) is 6.20. The second-order valence-corrected chi connectivity index (χ2v) is 7.60. The molecule has 0 aliphatic carbocycles. The molecule has 1 amide bonds. The van der Waals surface area contributed by atoms with Gasteiger partial charge in [-0.15, -0.1) is 0 Å². The largest absolute Gasteiger partial charge is 0.368 e. The van der Waals surface area contributed by atoms with E-state index in [1.54, 1.807) is 36.4 Å². The lowest BCUT2D eigenvalue weighted by Crippen LogP contribution is -2.43. The van der Waals surface area contributed by atoms with E-state index in [-0.39, 0.29) is 17.6 Å². The van der Waals surface area contributed by atoms with Crippen molar-refractivity contribution in [2.24, 2.45) is 0 Å². The van der Waals surface area contributed by atoms with E-state index in [0.717, 1.165) is 0 Å². The van der Waals surface area contributed by atoms with E-state index in [1.165, 1.54) is 12.1 Å². The number of halogens is 1. The monoisotopic (exact) mass is 410 g/mol. The first-order valence-corrected chi connectivity index (χ1v) is 9.89. The summed E-state index contributed by atoms with van der Waals surface area (Å²) in [5.74, 6) is 0.127. The second kappa shape index (κ2) is 8.31. The van der Waals surface area contributed by atoms with Crippen LogP contribution in [0.15, 0.2) is 41.2 Å². The normalized spacial score (nSPS) is 16.8. The Bertz CT molecular complexity index is 1070. The number of carbonyl (C=O) groups excluding carboxylic acids is 1. The first-order valence-electron chi connectivity index (χ1n) is 9.89. The van der Waals surface area contributed by atoms with Crippen LogP contribution in [0.3, 0.4) is 0 Å². The lowest BCUT2D eigenvalue weighted by Gasteiger charge is -2.32. The van der Waals surface area contributed by atoms with Gasteiger partial charge in [0.15, 0.2) is 0 Å². The number of aromatic nitrogens is 3. The number of hydrogen-bond acceptors (Lipinski definition) is 6. The van der Waals surface area contributed by atoms with Crippen LogP contribution in [-0.4, -0.2) is 45.6 Å². The Morgan fingerprint density at radius 1 is 1.30 bits per heavy atom. The van der Waals surface area contributed by atoms with Crippen LogP contribution < -0.4 is 0 Å². The Hall–Kier alpha value is -3.13. The van der Waals surface area contributed by atoms with Crippen LogP contribution in [0.2, 0.25) is 0 Å². The maximum absolute atomic E-state index is 13.6. The predicted molar refractivity (Wildman–Crippen MR) is 107 cm³/mol. The van der Waals surface area contributed by atoms with Gasteiger partial charge in [-0.3, -0.25) is 9.78 Å². The molecule has 0 spiro atoms. The van der Waals surface area contributed by atoms with Crippen LogP contribution in [0, 0.1) is 12.7 Å². The molecular weight excluding hydrogens is 387 g/mol. The van der Waals surface area contributed by atoms with Crippen molar-refractivity contribution in [3.63, 3.8) is 0 Å². The zero-order chi connectivity index (χ0) is 21.3. The highest BCUT2D eigenvalue weighted by Crippen LogP contribution is 2.27. The highest BCUT2D eigenvalue weighted by Gasteiger charge is 2.31. The minimum Gasteiger partial charge on any atom is -0.368 e. The minimum atomic E-state index is -0.425. The summed E-state index contributed by atoms with van der Waals surface area (Å²) in [6.07, 6.45) is 2.77. The first kappa shape index (κ1) is 20.2. The topological polar surface area (TPSA) is 81.4 Å². The number of carbonyl (C=O) groups is 1. The van der Waals surface area contributed by atoms with Crippen molar-refractivity contribution >= 4 is 5.91 Å². The Morgan fingerprint density at radius 2 is 2.13 bits per heavy atom. The molecular formula is C22H23FN4O3. The van der Waals surface area contributed by atoms with Gasteiger partial charge < -0.3 is 14.2 Å². The van der Waals surface area contributed by atoms with E-state index in [2.05, 4.69) is 15.1 Å². The van der Waals surface area contributed by atoms with E-state index in [1.807, 2.05) is 13.8 Å². The standard InChI is InChI=1S/C22H23FN4O3/c1-13(2)21-20(14(3)30-26-21)22(28)27-7-8-29-19(12-27)18-11-24-10-17(25-18)15-5-4-6-16(23)9-15/h4-6,9-11,13,19H,7-8,12H2,1-3H3/t19-/m1/s1. The number of benzene rings is 1. The zero-order valence-electron chi connectivity index (χ0n) is 17.1. The van der Waals surface area contributed by atoms with Crippen LogP contribution in [0.25, 0.3) is 11.3 Å². The molecule has 156 valence electrons. The fourth-order valence-corrected chi connectivity index (χ4v) is 3.54. The summed E-state index contributed by atoms with van der Waals surface area (Å²) in [6.45, 7) is 6.88. The molecule has 1 aromatic carbocycles. The lowest BCUT2D eigenvalue weighted by molar-refractivity contribution is -0.0249. The molecule has 7 nitrogen and oxygen atoms in total. The molecule has 0 saturated carbocycles. The fourth-order valence-electron chi connectivity index (χ4n) is 3.54. The van der Waals surface area contributed by atoms with Crippen molar-refractivity contribution in [2.45, 2.75) is 32.8 Å². The third-order valence-electron chi connectivity index (χ3n) is 5.11. The number of amides is 1. The van der Waals surface area contributed by atoms with Gasteiger partial charge in [-0.1, -0.05) is 31.1 Å². The Balaban J connectivity index is 1.57. The van der Waals surface area contributed by atoms with Gasteiger partial charge in [0.1, 0.15) is 23.2 Å². The van der Waals surface area contributed by atoms with Crippen LogP contribution in [0.5, 0.6) is 0 Å². The molecule has 1 fully saturated rings. The molecule has 3 heterocycles. The minimum absolute atomic E-state index is 0.0760. The number of morpholine rings is 1. The molecule has 30 heavy (non-hydrogen) atoms. The number of aryl methyl sites for hydroxylation is 1. The molecule has 0 N–H and O–H groups in total. The van der Waals surface area contributed by atoms with Gasteiger partial charge in [-0.2, -0.15) is 0 Å². The Kier molecular flexibility index (Phi) is 5.59. The highest BCUT2D eigenvalue weighted by molar-refractivity contribution is 5.96. The van der Waals surface area contributed by atoms with Crippen molar-refractivity contribution in [2.75, 3.05) is 19.7 Å². The van der Waals surface area contributed by atoms with Gasteiger partial charge in [0, 0.05) is 12.1 Å². The molecule has 0 unspecified atom stereocenters. The quantitative estimate of drug-likeness (QED) is 0.649. The molecule has 1 saturated heterocycles. The summed E-state index contributed by atoms with van der Waals surface area (Å²) in [5.41, 5.74) is 2.96. The van der Waals surface area contributed by atoms with E-state index < -0.39 is 6.10 Å². The summed E-state index contributed by atoms with van der Waals surface area (Å²) in [4.78, 5) is 23.8. The van der Waals surface area contributed by atoms with E-state index in [4.69, 9.17) is 9.26 Å². The average molecular weight is 410 g/mol. The van der Waals surface area contributed by atoms with Crippen LogP contribution >= 0.6 is 0 Å². The van der Waals surface area contributed by atoms with Gasteiger partial charge in [-0.05, 0) is 25.0 Å². The first-order chi connectivity index (χ1) is 14.4. The molecule has 1 atom stereocenters. The molecule has 0 radical (unpaired) electrons. The SMILES string of the molecule is Cc1onc(C(C)C)c1C(=O)N1CCO[C@@H](c2cncc(-c3cccc(F)c3)n2)C1.